The fourth-order valence-corrected chi connectivity index (χ4v) is 4.68. The zero-order chi connectivity index (χ0) is 27.2. The van der Waals surface area contributed by atoms with E-state index >= 15 is 0 Å². The molecule has 0 aliphatic carbocycles. The summed E-state index contributed by atoms with van der Waals surface area (Å²) in [5.41, 5.74) is 2.21. The predicted octanol–water partition coefficient (Wildman–Crippen LogP) is 6.39. The standard InChI is InChI=1S/C26H19BrClN3O6S/c1-36-20-9-7-17(28)12-18(20)23-29-26(31-30-23)38-22(25(34)35)11-15-4-8-21(19(27)10-15)37-13-14-2-5-16(6-3-14)24(32)33/h2-12H,13H2,1H3,(H,32,33)(H,34,35)(H,29,30,31)/b22-11-. The highest BCUT2D eigenvalue weighted by Crippen LogP contribution is 2.34. The molecule has 3 N–H and O–H groups in total. The van der Waals surface area contributed by atoms with Crippen LogP contribution < -0.4 is 9.47 Å². The lowest BCUT2D eigenvalue weighted by molar-refractivity contribution is -0.131. The first-order valence-electron chi connectivity index (χ1n) is 10.9. The number of hydrogen-bond acceptors (Lipinski definition) is 7. The molecule has 0 saturated carbocycles. The number of nitrogens with zero attached hydrogens (tertiary/aromatic N) is 2. The van der Waals surface area contributed by atoms with Crippen LogP contribution in [0.15, 0.2) is 75.2 Å². The number of benzene rings is 3. The third kappa shape index (κ3) is 6.74. The predicted molar refractivity (Wildman–Crippen MR) is 147 cm³/mol. The van der Waals surface area contributed by atoms with Gasteiger partial charge in [0.05, 0.1) is 22.7 Å². The van der Waals surface area contributed by atoms with Crippen LogP contribution in [0.1, 0.15) is 21.5 Å². The van der Waals surface area contributed by atoms with Gasteiger partial charge >= 0.3 is 11.9 Å². The molecule has 0 aliphatic heterocycles. The van der Waals surface area contributed by atoms with Crippen molar-refractivity contribution in [3.63, 3.8) is 0 Å². The minimum absolute atomic E-state index is 0.00713. The van der Waals surface area contributed by atoms with Crippen LogP contribution in [0.3, 0.4) is 0 Å². The van der Waals surface area contributed by atoms with Crippen LogP contribution in [0.5, 0.6) is 11.5 Å². The van der Waals surface area contributed by atoms with Crippen molar-refractivity contribution in [1.82, 2.24) is 15.2 Å². The third-order valence-electron chi connectivity index (χ3n) is 5.14. The number of methoxy groups -OCH3 is 1. The van der Waals surface area contributed by atoms with Gasteiger partial charge in [0.2, 0.25) is 5.16 Å². The molecule has 0 atom stereocenters. The van der Waals surface area contributed by atoms with Gasteiger partial charge in [-0.1, -0.05) is 29.8 Å². The first kappa shape index (κ1) is 27.2. The Kier molecular flexibility index (Phi) is 8.72. The molecule has 1 aromatic heterocycles. The number of carboxylic acids is 2. The number of aromatic amines is 1. The second-order valence-corrected chi connectivity index (χ2v) is 10.0. The number of halogens is 2. The lowest BCUT2D eigenvalue weighted by Gasteiger charge is -2.09. The second kappa shape index (κ2) is 12.2. The number of ether oxygens (including phenoxy) is 2. The van der Waals surface area contributed by atoms with Gasteiger partial charge in [0.25, 0.3) is 0 Å². The summed E-state index contributed by atoms with van der Waals surface area (Å²) in [7, 11) is 1.52. The first-order chi connectivity index (χ1) is 18.2. The maximum Gasteiger partial charge on any atom is 0.342 e. The van der Waals surface area contributed by atoms with Gasteiger partial charge in [-0.15, -0.1) is 5.10 Å². The fourth-order valence-electron chi connectivity index (χ4n) is 3.29. The van der Waals surface area contributed by atoms with Crippen LogP contribution in [0.2, 0.25) is 5.02 Å². The average molecular weight is 617 g/mol. The minimum atomic E-state index is -1.14. The molecule has 0 aliphatic rings. The van der Waals surface area contributed by atoms with E-state index in [1.807, 2.05) is 0 Å². The summed E-state index contributed by atoms with van der Waals surface area (Å²) in [6, 6.07) is 16.6. The Labute approximate surface area is 234 Å². The highest BCUT2D eigenvalue weighted by Gasteiger charge is 2.17. The van der Waals surface area contributed by atoms with Gasteiger partial charge in [-0.2, -0.15) is 0 Å². The molecule has 0 spiro atoms. The number of hydrogen-bond donors (Lipinski definition) is 3. The number of H-pyrrole nitrogens is 1. The molecule has 4 aromatic rings. The Hall–Kier alpha value is -3.80. The van der Waals surface area contributed by atoms with Crippen molar-refractivity contribution in [1.29, 1.82) is 0 Å². The Bertz CT molecular complexity index is 1520. The van der Waals surface area contributed by atoms with E-state index in [4.69, 9.17) is 26.2 Å². The molecule has 0 radical (unpaired) electrons. The van der Waals surface area contributed by atoms with Gasteiger partial charge in [-0.25, -0.2) is 14.6 Å². The summed E-state index contributed by atoms with van der Waals surface area (Å²) >= 11 is 10.4. The van der Waals surface area contributed by atoms with Crippen molar-refractivity contribution < 1.29 is 29.3 Å². The van der Waals surface area contributed by atoms with E-state index in [1.165, 1.54) is 25.3 Å². The Morgan fingerprint density at radius 2 is 1.82 bits per heavy atom. The molecule has 3 aromatic carbocycles. The smallest absolute Gasteiger partial charge is 0.342 e. The number of carboxylic acid groups (broad SMARTS) is 2. The zero-order valence-corrected chi connectivity index (χ0v) is 22.8. The molecule has 0 fully saturated rings. The van der Waals surface area contributed by atoms with Crippen molar-refractivity contribution in [3.05, 3.63) is 91.8 Å². The van der Waals surface area contributed by atoms with Gasteiger partial charge in [0.1, 0.15) is 23.0 Å². The molecular weight excluding hydrogens is 598 g/mol. The van der Waals surface area contributed by atoms with Gasteiger partial charge in [-0.05, 0) is 87.4 Å². The van der Waals surface area contributed by atoms with E-state index in [2.05, 4.69) is 31.1 Å². The molecule has 12 heteroatoms. The Balaban J connectivity index is 1.48. The molecule has 0 bridgehead atoms. The highest BCUT2D eigenvalue weighted by molar-refractivity contribution is 9.10. The summed E-state index contributed by atoms with van der Waals surface area (Å²) in [4.78, 5) is 27.3. The van der Waals surface area contributed by atoms with Crippen LogP contribution in [0, 0.1) is 0 Å². The van der Waals surface area contributed by atoms with Gasteiger partial charge in [0.15, 0.2) is 5.82 Å². The molecule has 0 amide bonds. The number of rotatable bonds is 10. The Morgan fingerprint density at radius 1 is 1.08 bits per heavy atom. The molecule has 194 valence electrons. The van der Waals surface area contributed by atoms with Crippen molar-refractivity contribution in [3.8, 4) is 22.9 Å². The maximum absolute atomic E-state index is 11.9. The number of carbonyl (C=O) groups is 2. The SMILES string of the molecule is COc1ccc(Cl)cc1-c1nc(S/C(=C\c2ccc(OCc3ccc(C(=O)O)cc3)c(Br)c2)C(=O)O)n[nH]1. The van der Waals surface area contributed by atoms with E-state index in [9.17, 15) is 14.7 Å². The summed E-state index contributed by atoms with van der Waals surface area (Å²) in [6.45, 7) is 0.231. The summed E-state index contributed by atoms with van der Waals surface area (Å²) in [5, 5.41) is 26.4. The van der Waals surface area contributed by atoms with Crippen LogP contribution >= 0.6 is 39.3 Å². The summed E-state index contributed by atoms with van der Waals surface area (Å²) in [5.74, 6) is -0.655. The van der Waals surface area contributed by atoms with Crippen LogP contribution in [-0.4, -0.2) is 44.4 Å². The second-order valence-electron chi connectivity index (χ2n) is 7.71. The Morgan fingerprint density at radius 3 is 2.47 bits per heavy atom. The number of aromatic carboxylic acids is 1. The number of thioether (sulfide) groups is 1. The molecular formula is C26H19BrClN3O6S. The highest BCUT2D eigenvalue weighted by atomic mass is 79.9. The molecule has 0 saturated heterocycles. The average Bonchev–Trinajstić information content (AvgIpc) is 3.36. The van der Waals surface area contributed by atoms with Crippen molar-refractivity contribution in [2.75, 3.05) is 7.11 Å². The lowest BCUT2D eigenvalue weighted by Crippen LogP contribution is -1.99. The normalized spacial score (nSPS) is 11.3. The summed E-state index contributed by atoms with van der Waals surface area (Å²) in [6.07, 6.45) is 1.50. The molecule has 4 rings (SSSR count). The monoisotopic (exact) mass is 615 g/mol. The van der Waals surface area contributed by atoms with Crippen LogP contribution in [0.4, 0.5) is 0 Å². The first-order valence-corrected chi connectivity index (χ1v) is 12.9. The van der Waals surface area contributed by atoms with E-state index in [0.29, 0.717) is 37.9 Å². The topological polar surface area (TPSA) is 135 Å². The minimum Gasteiger partial charge on any atom is -0.496 e. The van der Waals surface area contributed by atoms with Gasteiger partial charge in [0, 0.05) is 5.02 Å². The number of nitrogens with one attached hydrogen (secondary N) is 1. The number of aliphatic carboxylic acids is 1. The fraction of sp³-hybridized carbons (Fsp3) is 0.0769. The van der Waals surface area contributed by atoms with E-state index < -0.39 is 11.9 Å². The molecule has 0 unspecified atom stereocenters. The maximum atomic E-state index is 11.9. The quantitative estimate of drug-likeness (QED) is 0.137. The lowest BCUT2D eigenvalue weighted by atomic mass is 10.1. The van der Waals surface area contributed by atoms with Gasteiger partial charge in [-0.3, -0.25) is 5.10 Å². The van der Waals surface area contributed by atoms with Crippen molar-refractivity contribution in [2.24, 2.45) is 0 Å². The number of aromatic nitrogens is 3. The molecule has 38 heavy (non-hydrogen) atoms. The third-order valence-corrected chi connectivity index (χ3v) is 6.87. The summed E-state index contributed by atoms with van der Waals surface area (Å²) < 4.78 is 11.8. The zero-order valence-electron chi connectivity index (χ0n) is 19.6. The van der Waals surface area contributed by atoms with Crippen molar-refractivity contribution in [2.45, 2.75) is 11.8 Å². The van der Waals surface area contributed by atoms with Gasteiger partial charge < -0.3 is 19.7 Å². The van der Waals surface area contributed by atoms with Crippen molar-refractivity contribution >= 4 is 57.3 Å². The van der Waals surface area contributed by atoms with E-state index in [0.717, 1.165) is 17.3 Å². The van der Waals surface area contributed by atoms with E-state index in [1.54, 1.807) is 48.5 Å². The van der Waals surface area contributed by atoms with E-state index in [-0.39, 0.29) is 22.2 Å². The van der Waals surface area contributed by atoms with Crippen LogP contribution in [-0.2, 0) is 11.4 Å². The largest absolute Gasteiger partial charge is 0.496 e. The van der Waals surface area contributed by atoms with Crippen LogP contribution in [0.25, 0.3) is 17.5 Å². The molecule has 9 nitrogen and oxygen atoms in total. The molecule has 1 heterocycles.